The van der Waals surface area contributed by atoms with E-state index in [9.17, 15) is 9.59 Å². The number of anilines is 1. The molecule has 0 aliphatic carbocycles. The highest BCUT2D eigenvalue weighted by atomic mass is 32.2. The van der Waals surface area contributed by atoms with Crippen molar-refractivity contribution in [2.45, 2.75) is 37.2 Å². The number of amides is 2. The van der Waals surface area contributed by atoms with E-state index in [1.54, 1.807) is 16.7 Å². The minimum atomic E-state index is -0.0236. The molecule has 4 rings (SSSR count). The summed E-state index contributed by atoms with van der Waals surface area (Å²) in [6.45, 7) is 4.21. The first-order chi connectivity index (χ1) is 14.2. The van der Waals surface area contributed by atoms with Crippen molar-refractivity contribution < 1.29 is 9.59 Å². The van der Waals surface area contributed by atoms with Crippen LogP contribution in [0, 0.1) is 0 Å². The van der Waals surface area contributed by atoms with Crippen LogP contribution in [0.4, 0.5) is 5.69 Å². The molecule has 5 nitrogen and oxygen atoms in total. The quantitative estimate of drug-likeness (QED) is 0.761. The maximum absolute atomic E-state index is 12.5. The molecule has 2 aromatic carbocycles. The van der Waals surface area contributed by atoms with Gasteiger partial charge in [-0.05, 0) is 49.2 Å². The molecule has 152 valence electrons. The number of likely N-dealkylation sites (tertiary alicyclic amines) is 1. The van der Waals surface area contributed by atoms with Crippen LogP contribution in [0.5, 0.6) is 0 Å². The normalized spacial score (nSPS) is 16.7. The molecule has 2 aliphatic rings. The van der Waals surface area contributed by atoms with Crippen LogP contribution in [-0.4, -0.2) is 42.1 Å². The van der Waals surface area contributed by atoms with Crippen LogP contribution in [0.25, 0.3) is 0 Å². The van der Waals surface area contributed by atoms with Gasteiger partial charge in [0.05, 0.1) is 11.4 Å². The van der Waals surface area contributed by atoms with E-state index in [1.165, 1.54) is 24.0 Å². The van der Waals surface area contributed by atoms with Gasteiger partial charge in [-0.2, -0.15) is 0 Å². The molecule has 6 heteroatoms. The number of hydrogen-bond donors (Lipinski definition) is 1. The molecule has 2 aromatic rings. The number of rotatable bonds is 7. The van der Waals surface area contributed by atoms with Gasteiger partial charge in [-0.1, -0.05) is 36.4 Å². The lowest BCUT2D eigenvalue weighted by atomic mass is 10.1. The van der Waals surface area contributed by atoms with Gasteiger partial charge in [-0.3, -0.25) is 14.5 Å². The third-order valence-corrected chi connectivity index (χ3v) is 6.61. The van der Waals surface area contributed by atoms with Gasteiger partial charge in [0.25, 0.3) is 0 Å². The molecule has 2 heterocycles. The first kappa shape index (κ1) is 20.0. The molecule has 0 radical (unpaired) electrons. The lowest BCUT2D eigenvalue weighted by molar-refractivity contribution is -0.121. The highest BCUT2D eigenvalue weighted by Crippen LogP contribution is 2.34. The largest absolute Gasteiger partial charge is 0.352 e. The number of carbonyl (C=O) groups excluding carboxylic acids is 2. The SMILES string of the molecule is O=C(CCN1C(=O)CSc2ccccc21)NCc1ccccc1CN1CCCC1. The second-order valence-electron chi connectivity index (χ2n) is 7.58. The first-order valence-corrected chi connectivity index (χ1v) is 11.3. The average Bonchev–Trinajstić information content (AvgIpc) is 3.25. The maximum Gasteiger partial charge on any atom is 0.237 e. The zero-order valence-electron chi connectivity index (χ0n) is 16.6. The third-order valence-electron chi connectivity index (χ3n) is 5.56. The highest BCUT2D eigenvalue weighted by Gasteiger charge is 2.24. The number of benzene rings is 2. The monoisotopic (exact) mass is 409 g/mol. The molecule has 2 amide bonds. The van der Waals surface area contributed by atoms with E-state index in [1.807, 2.05) is 30.3 Å². The first-order valence-electron chi connectivity index (χ1n) is 10.3. The molecule has 0 atom stereocenters. The van der Waals surface area contributed by atoms with Crippen molar-refractivity contribution in [3.8, 4) is 0 Å². The molecular weight excluding hydrogens is 382 g/mol. The summed E-state index contributed by atoms with van der Waals surface area (Å²) in [5, 5.41) is 3.04. The number of thioether (sulfide) groups is 1. The van der Waals surface area contributed by atoms with Crippen molar-refractivity contribution in [1.82, 2.24) is 10.2 Å². The number of nitrogens with zero attached hydrogens (tertiary/aromatic N) is 2. The summed E-state index contributed by atoms with van der Waals surface area (Å²) < 4.78 is 0. The molecule has 0 unspecified atom stereocenters. The van der Waals surface area contributed by atoms with Crippen LogP contribution in [0.1, 0.15) is 30.4 Å². The zero-order chi connectivity index (χ0) is 20.1. The lowest BCUT2D eigenvalue weighted by Gasteiger charge is -2.28. The summed E-state index contributed by atoms with van der Waals surface area (Å²) in [6, 6.07) is 16.2. The van der Waals surface area contributed by atoms with Crippen LogP contribution >= 0.6 is 11.8 Å². The second-order valence-corrected chi connectivity index (χ2v) is 8.60. The summed E-state index contributed by atoms with van der Waals surface area (Å²) >= 11 is 1.56. The Kier molecular flexibility index (Phi) is 6.52. The smallest absolute Gasteiger partial charge is 0.237 e. The van der Waals surface area contributed by atoms with Gasteiger partial charge in [0.2, 0.25) is 11.8 Å². The van der Waals surface area contributed by atoms with Crippen molar-refractivity contribution in [1.29, 1.82) is 0 Å². The van der Waals surface area contributed by atoms with Gasteiger partial charge in [-0.15, -0.1) is 11.8 Å². The van der Waals surface area contributed by atoms with Crippen molar-refractivity contribution in [3.05, 3.63) is 59.7 Å². The third kappa shape index (κ3) is 5.00. The number of carbonyl (C=O) groups is 2. The molecule has 2 aliphatic heterocycles. The fraction of sp³-hybridized carbons (Fsp3) is 0.391. The highest BCUT2D eigenvalue weighted by molar-refractivity contribution is 8.00. The average molecular weight is 410 g/mol. The summed E-state index contributed by atoms with van der Waals surface area (Å²) in [5.41, 5.74) is 3.37. The predicted molar refractivity (Wildman–Crippen MR) is 117 cm³/mol. The number of para-hydroxylation sites is 1. The molecule has 0 spiro atoms. The van der Waals surface area contributed by atoms with Gasteiger partial charge >= 0.3 is 0 Å². The minimum Gasteiger partial charge on any atom is -0.352 e. The maximum atomic E-state index is 12.5. The van der Waals surface area contributed by atoms with Crippen molar-refractivity contribution >= 4 is 29.3 Å². The van der Waals surface area contributed by atoms with Gasteiger partial charge in [0, 0.05) is 31.0 Å². The molecule has 0 aromatic heterocycles. The van der Waals surface area contributed by atoms with E-state index >= 15 is 0 Å². The summed E-state index contributed by atoms with van der Waals surface area (Å²) in [7, 11) is 0. The molecule has 1 N–H and O–H groups in total. The molecule has 0 bridgehead atoms. The lowest BCUT2D eigenvalue weighted by Crippen LogP contribution is -2.38. The molecular formula is C23H27N3O2S. The zero-order valence-corrected chi connectivity index (χ0v) is 17.4. The molecule has 0 saturated carbocycles. The molecule has 1 fully saturated rings. The predicted octanol–water partition coefficient (Wildman–Crippen LogP) is 3.43. The Morgan fingerprint density at radius 2 is 1.72 bits per heavy atom. The van der Waals surface area contributed by atoms with E-state index in [0.717, 1.165) is 30.2 Å². The van der Waals surface area contributed by atoms with Crippen LogP contribution in [0.3, 0.4) is 0 Å². The van der Waals surface area contributed by atoms with E-state index in [-0.39, 0.29) is 11.8 Å². The summed E-state index contributed by atoms with van der Waals surface area (Å²) in [4.78, 5) is 30.1. The second kappa shape index (κ2) is 9.46. The van der Waals surface area contributed by atoms with E-state index in [0.29, 0.717) is 25.3 Å². The van der Waals surface area contributed by atoms with Gasteiger partial charge in [0.15, 0.2) is 0 Å². The molecule has 29 heavy (non-hydrogen) atoms. The fourth-order valence-corrected chi connectivity index (χ4v) is 4.90. The fourth-order valence-electron chi connectivity index (χ4n) is 3.96. The van der Waals surface area contributed by atoms with Crippen LogP contribution in [0.2, 0.25) is 0 Å². The van der Waals surface area contributed by atoms with E-state index < -0.39 is 0 Å². The van der Waals surface area contributed by atoms with Crippen molar-refractivity contribution in [2.75, 3.05) is 30.3 Å². The Labute approximate surface area is 176 Å². The minimum absolute atomic E-state index is 0.0236. The van der Waals surface area contributed by atoms with Gasteiger partial charge < -0.3 is 10.2 Å². The number of fused-ring (bicyclic) bond motifs is 1. The Morgan fingerprint density at radius 1 is 1.00 bits per heavy atom. The summed E-state index contributed by atoms with van der Waals surface area (Å²) in [6.07, 6.45) is 2.85. The Morgan fingerprint density at radius 3 is 2.55 bits per heavy atom. The van der Waals surface area contributed by atoms with Crippen LogP contribution < -0.4 is 10.2 Å². The number of hydrogen-bond acceptors (Lipinski definition) is 4. The van der Waals surface area contributed by atoms with Crippen molar-refractivity contribution in [3.63, 3.8) is 0 Å². The van der Waals surface area contributed by atoms with E-state index in [4.69, 9.17) is 0 Å². The Bertz CT molecular complexity index is 880. The number of nitrogens with one attached hydrogen (secondary N) is 1. The van der Waals surface area contributed by atoms with Gasteiger partial charge in [-0.25, -0.2) is 0 Å². The standard InChI is InChI=1S/C23H27N3O2S/c27-22(11-14-26-20-9-3-4-10-21(20)29-17-23(26)28)24-15-18-7-1-2-8-19(18)16-25-12-5-6-13-25/h1-4,7-10H,5-6,11-17H2,(H,24,27). The topological polar surface area (TPSA) is 52.7 Å². The Hall–Kier alpha value is -2.31. The molecule has 1 saturated heterocycles. The van der Waals surface area contributed by atoms with Crippen LogP contribution in [-0.2, 0) is 22.7 Å². The summed E-state index contributed by atoms with van der Waals surface area (Å²) in [5.74, 6) is 0.477. The van der Waals surface area contributed by atoms with Crippen molar-refractivity contribution in [2.24, 2.45) is 0 Å². The Balaban J connectivity index is 1.31. The van der Waals surface area contributed by atoms with Crippen LogP contribution in [0.15, 0.2) is 53.4 Å². The van der Waals surface area contributed by atoms with Gasteiger partial charge in [0.1, 0.15) is 0 Å². The van der Waals surface area contributed by atoms with E-state index in [2.05, 4.69) is 28.4 Å².